The van der Waals surface area contributed by atoms with Gasteiger partial charge in [0.1, 0.15) is 0 Å². The van der Waals surface area contributed by atoms with Crippen molar-refractivity contribution in [2.24, 2.45) is 0 Å². The predicted molar refractivity (Wildman–Crippen MR) is 97.4 cm³/mol. The van der Waals surface area contributed by atoms with Crippen LogP contribution in [0, 0.1) is 20.8 Å². The summed E-state index contributed by atoms with van der Waals surface area (Å²) in [5.74, 6) is 0. The number of benzene rings is 2. The van der Waals surface area contributed by atoms with Gasteiger partial charge in [-0.1, -0.05) is 18.2 Å². The highest BCUT2D eigenvalue weighted by molar-refractivity contribution is 5.99. The molecule has 3 aromatic rings. The number of hydrogen-bond acceptors (Lipinski definition) is 1. The van der Waals surface area contributed by atoms with E-state index >= 15 is 0 Å². The largest absolute Gasteiger partial charge is 0.344 e. The third-order valence-corrected chi connectivity index (χ3v) is 4.92. The molecule has 1 aromatic heterocycles. The van der Waals surface area contributed by atoms with Crippen molar-refractivity contribution in [3.63, 3.8) is 0 Å². The summed E-state index contributed by atoms with van der Waals surface area (Å²) in [4.78, 5) is 11.5. The SMILES string of the molecule is Cc1ccc(-c2ccc3c(c2)c(C=O)cn3C(C)C)c(C)c1C. The summed E-state index contributed by atoms with van der Waals surface area (Å²) in [7, 11) is 0. The van der Waals surface area contributed by atoms with E-state index in [1.807, 2.05) is 6.20 Å². The number of carbonyl (C=O) groups is 1. The smallest absolute Gasteiger partial charge is 0.152 e. The number of aldehydes is 1. The predicted octanol–water partition coefficient (Wildman–Crippen LogP) is 5.63. The first-order valence-electron chi connectivity index (χ1n) is 8.11. The Hall–Kier alpha value is -2.35. The summed E-state index contributed by atoms with van der Waals surface area (Å²) in [6.45, 7) is 10.7. The Morgan fingerprint density at radius 3 is 2.39 bits per heavy atom. The van der Waals surface area contributed by atoms with Crippen LogP contribution in [0.25, 0.3) is 22.0 Å². The first-order chi connectivity index (χ1) is 10.9. The Labute approximate surface area is 137 Å². The Balaban J connectivity index is 2.25. The lowest BCUT2D eigenvalue weighted by Gasteiger charge is -2.13. The topological polar surface area (TPSA) is 22.0 Å². The summed E-state index contributed by atoms with van der Waals surface area (Å²) in [6.07, 6.45) is 2.91. The third kappa shape index (κ3) is 2.48. The lowest BCUT2D eigenvalue weighted by Crippen LogP contribution is -1.98. The van der Waals surface area contributed by atoms with E-state index in [1.54, 1.807) is 0 Å². The zero-order chi connectivity index (χ0) is 16.7. The zero-order valence-corrected chi connectivity index (χ0v) is 14.5. The van der Waals surface area contributed by atoms with Crippen LogP contribution in [0.5, 0.6) is 0 Å². The van der Waals surface area contributed by atoms with Crippen molar-refractivity contribution in [1.82, 2.24) is 4.57 Å². The van der Waals surface area contributed by atoms with Crippen LogP contribution in [0.2, 0.25) is 0 Å². The molecule has 0 N–H and O–H groups in total. The molecular formula is C21H23NO. The fourth-order valence-corrected chi connectivity index (χ4v) is 3.24. The van der Waals surface area contributed by atoms with Gasteiger partial charge in [0.05, 0.1) is 0 Å². The molecule has 0 aliphatic rings. The molecule has 0 radical (unpaired) electrons. The van der Waals surface area contributed by atoms with Gasteiger partial charge in [0.25, 0.3) is 0 Å². The maximum Gasteiger partial charge on any atom is 0.152 e. The molecule has 3 rings (SSSR count). The molecule has 0 fully saturated rings. The van der Waals surface area contributed by atoms with Crippen molar-refractivity contribution in [1.29, 1.82) is 0 Å². The van der Waals surface area contributed by atoms with Crippen LogP contribution in [0.4, 0.5) is 0 Å². The second-order valence-electron chi connectivity index (χ2n) is 6.62. The van der Waals surface area contributed by atoms with Crippen molar-refractivity contribution in [3.8, 4) is 11.1 Å². The molecule has 0 saturated heterocycles. The van der Waals surface area contributed by atoms with Crippen LogP contribution in [-0.2, 0) is 0 Å². The maximum absolute atomic E-state index is 11.5. The van der Waals surface area contributed by atoms with E-state index in [-0.39, 0.29) is 0 Å². The van der Waals surface area contributed by atoms with E-state index in [1.165, 1.54) is 27.8 Å². The number of rotatable bonds is 3. The van der Waals surface area contributed by atoms with E-state index < -0.39 is 0 Å². The lowest BCUT2D eigenvalue weighted by atomic mass is 9.93. The van der Waals surface area contributed by atoms with E-state index in [0.717, 1.165) is 22.8 Å². The molecule has 0 atom stereocenters. The number of aromatic nitrogens is 1. The minimum absolute atomic E-state index is 0.334. The number of hydrogen-bond donors (Lipinski definition) is 0. The van der Waals surface area contributed by atoms with Gasteiger partial charge in [-0.15, -0.1) is 0 Å². The molecule has 0 bridgehead atoms. The van der Waals surface area contributed by atoms with Gasteiger partial charge in [-0.05, 0) is 74.6 Å². The number of nitrogens with zero attached hydrogens (tertiary/aromatic N) is 1. The van der Waals surface area contributed by atoms with Crippen LogP contribution < -0.4 is 0 Å². The Morgan fingerprint density at radius 1 is 1.00 bits per heavy atom. The summed E-state index contributed by atoms with van der Waals surface area (Å²) in [6, 6.07) is 11.1. The van der Waals surface area contributed by atoms with Crippen molar-refractivity contribution in [2.75, 3.05) is 0 Å². The molecule has 0 saturated carbocycles. The van der Waals surface area contributed by atoms with Crippen LogP contribution in [-0.4, -0.2) is 10.9 Å². The molecule has 118 valence electrons. The molecule has 1 heterocycles. The highest BCUT2D eigenvalue weighted by atomic mass is 16.1. The van der Waals surface area contributed by atoms with E-state index in [9.17, 15) is 4.79 Å². The number of aryl methyl sites for hydroxylation is 1. The minimum Gasteiger partial charge on any atom is -0.344 e. The van der Waals surface area contributed by atoms with Gasteiger partial charge in [0.2, 0.25) is 0 Å². The van der Waals surface area contributed by atoms with Gasteiger partial charge in [0, 0.05) is 28.7 Å². The summed E-state index contributed by atoms with van der Waals surface area (Å²) < 4.78 is 2.16. The average molecular weight is 305 g/mol. The molecule has 0 spiro atoms. The van der Waals surface area contributed by atoms with Crippen molar-refractivity contribution >= 4 is 17.2 Å². The molecule has 0 aliphatic heterocycles. The molecule has 0 amide bonds. The Bertz CT molecular complexity index is 900. The molecule has 23 heavy (non-hydrogen) atoms. The second kappa shape index (κ2) is 5.69. The van der Waals surface area contributed by atoms with Crippen molar-refractivity contribution < 1.29 is 4.79 Å². The lowest BCUT2D eigenvalue weighted by molar-refractivity contribution is 0.112. The third-order valence-electron chi connectivity index (χ3n) is 4.92. The van der Waals surface area contributed by atoms with Crippen LogP contribution in [0.15, 0.2) is 36.5 Å². The van der Waals surface area contributed by atoms with Gasteiger partial charge in [-0.25, -0.2) is 0 Å². The second-order valence-corrected chi connectivity index (χ2v) is 6.62. The van der Waals surface area contributed by atoms with Crippen LogP contribution >= 0.6 is 0 Å². The fraction of sp³-hybridized carbons (Fsp3) is 0.286. The van der Waals surface area contributed by atoms with Gasteiger partial charge in [-0.2, -0.15) is 0 Å². The fourth-order valence-electron chi connectivity index (χ4n) is 3.24. The van der Waals surface area contributed by atoms with Gasteiger partial charge >= 0.3 is 0 Å². The number of fused-ring (bicyclic) bond motifs is 1. The Kier molecular flexibility index (Phi) is 3.85. The quantitative estimate of drug-likeness (QED) is 0.575. The van der Waals surface area contributed by atoms with Gasteiger partial charge < -0.3 is 4.57 Å². The van der Waals surface area contributed by atoms with Crippen LogP contribution in [0.1, 0.15) is 46.9 Å². The standard InChI is InChI=1S/C21H23NO/c1-13(2)22-11-18(12-23)20-10-17(7-9-21(20)22)19-8-6-14(3)15(4)16(19)5/h6-13H,1-5H3. The molecule has 0 unspecified atom stereocenters. The van der Waals surface area contributed by atoms with Gasteiger partial charge in [-0.3, -0.25) is 4.79 Å². The van der Waals surface area contributed by atoms with Crippen molar-refractivity contribution in [2.45, 2.75) is 40.7 Å². The summed E-state index contributed by atoms with van der Waals surface area (Å²) in [5.41, 5.74) is 8.24. The molecule has 2 nitrogen and oxygen atoms in total. The average Bonchev–Trinajstić information content (AvgIpc) is 2.91. The molecule has 0 aliphatic carbocycles. The molecule has 2 heteroatoms. The van der Waals surface area contributed by atoms with E-state index in [0.29, 0.717) is 6.04 Å². The van der Waals surface area contributed by atoms with Crippen molar-refractivity contribution in [3.05, 3.63) is 58.8 Å². The first-order valence-corrected chi connectivity index (χ1v) is 8.11. The highest BCUT2D eigenvalue weighted by Crippen LogP contribution is 2.32. The monoisotopic (exact) mass is 305 g/mol. The van der Waals surface area contributed by atoms with E-state index in [2.05, 4.69) is 69.5 Å². The van der Waals surface area contributed by atoms with Gasteiger partial charge in [0.15, 0.2) is 6.29 Å². The zero-order valence-electron chi connectivity index (χ0n) is 14.5. The minimum atomic E-state index is 0.334. The summed E-state index contributed by atoms with van der Waals surface area (Å²) in [5, 5.41) is 1.03. The van der Waals surface area contributed by atoms with E-state index in [4.69, 9.17) is 0 Å². The maximum atomic E-state index is 11.5. The van der Waals surface area contributed by atoms with Crippen LogP contribution in [0.3, 0.4) is 0 Å². The molecular weight excluding hydrogens is 282 g/mol. The normalized spacial score (nSPS) is 11.4. The Morgan fingerprint density at radius 2 is 1.74 bits per heavy atom. The highest BCUT2D eigenvalue weighted by Gasteiger charge is 2.13. The number of carbonyl (C=O) groups excluding carboxylic acids is 1. The first kappa shape index (κ1) is 15.5. The molecule has 2 aromatic carbocycles. The summed E-state index contributed by atoms with van der Waals surface area (Å²) >= 11 is 0.